The van der Waals surface area contributed by atoms with Crippen LogP contribution in [0, 0.1) is 0 Å². The van der Waals surface area contributed by atoms with Crippen LogP contribution in [-0.4, -0.2) is 28.0 Å². The number of rotatable bonds is 9. The fraction of sp³-hybridized carbons (Fsp3) is 0.846. The van der Waals surface area contributed by atoms with Gasteiger partial charge in [0.1, 0.15) is 0 Å². The highest BCUT2D eigenvalue weighted by atomic mass is 32.2. The lowest BCUT2D eigenvalue weighted by atomic mass is 10.1. The molecule has 5 heteroatoms. The fourth-order valence-corrected chi connectivity index (χ4v) is 2.19. The number of nitrogens with zero attached hydrogens (tertiary/aromatic N) is 2. The minimum absolute atomic E-state index is 0.441. The van der Waals surface area contributed by atoms with E-state index < -0.39 is 0 Å². The van der Waals surface area contributed by atoms with Crippen molar-refractivity contribution in [2.24, 2.45) is 0 Å². The van der Waals surface area contributed by atoms with Gasteiger partial charge < -0.3 is 9.84 Å². The minimum Gasteiger partial charge on any atom is -0.339 e. The fourth-order valence-electron chi connectivity index (χ4n) is 1.59. The van der Waals surface area contributed by atoms with Gasteiger partial charge >= 0.3 is 0 Å². The van der Waals surface area contributed by atoms with Crippen LogP contribution in [0.25, 0.3) is 0 Å². The Hall–Kier alpha value is -0.550. The molecule has 0 aliphatic rings. The van der Waals surface area contributed by atoms with Crippen LogP contribution in [0.2, 0.25) is 0 Å². The lowest BCUT2D eigenvalue weighted by molar-refractivity contribution is 0.351. The first-order valence-corrected chi connectivity index (χ1v) is 7.87. The third kappa shape index (κ3) is 5.87. The van der Waals surface area contributed by atoms with E-state index in [1.807, 2.05) is 11.8 Å². The molecule has 1 rings (SSSR count). The van der Waals surface area contributed by atoms with Gasteiger partial charge in [-0.1, -0.05) is 32.9 Å². The number of thioether (sulfide) groups is 1. The summed E-state index contributed by atoms with van der Waals surface area (Å²) in [6.45, 7) is 9.75. The average Bonchev–Trinajstić information content (AvgIpc) is 2.79. The van der Waals surface area contributed by atoms with Crippen LogP contribution in [0.3, 0.4) is 0 Å². The highest BCUT2D eigenvalue weighted by molar-refractivity contribution is 7.99. The van der Waals surface area contributed by atoms with Crippen LogP contribution in [0.4, 0.5) is 0 Å². The van der Waals surface area contributed by atoms with Gasteiger partial charge in [-0.2, -0.15) is 16.7 Å². The number of hydrogen-bond acceptors (Lipinski definition) is 5. The normalized spacial score (nSPS) is 13.2. The van der Waals surface area contributed by atoms with Crippen molar-refractivity contribution >= 4 is 11.8 Å². The molecule has 1 aromatic heterocycles. The summed E-state index contributed by atoms with van der Waals surface area (Å²) in [4.78, 5) is 4.44. The molecule has 0 spiro atoms. The molecular formula is C13H25N3OS. The zero-order chi connectivity index (χ0) is 13.4. The van der Waals surface area contributed by atoms with Crippen molar-refractivity contribution in [2.75, 3.05) is 6.54 Å². The first-order chi connectivity index (χ1) is 8.65. The van der Waals surface area contributed by atoms with E-state index in [2.05, 4.69) is 43.2 Å². The zero-order valence-corrected chi connectivity index (χ0v) is 12.7. The van der Waals surface area contributed by atoms with Crippen LogP contribution in [0.5, 0.6) is 0 Å². The molecule has 0 bridgehead atoms. The van der Waals surface area contributed by atoms with E-state index in [0.717, 1.165) is 43.3 Å². The van der Waals surface area contributed by atoms with Gasteiger partial charge in [-0.05, 0) is 24.6 Å². The lowest BCUT2D eigenvalue weighted by Crippen LogP contribution is -2.31. The summed E-state index contributed by atoms with van der Waals surface area (Å²) in [6, 6.07) is 0.441. The summed E-state index contributed by atoms with van der Waals surface area (Å²) in [5.74, 6) is 2.40. The maximum Gasteiger partial charge on any atom is 0.228 e. The van der Waals surface area contributed by atoms with E-state index >= 15 is 0 Å². The molecule has 1 heterocycles. The highest BCUT2D eigenvalue weighted by Crippen LogP contribution is 2.15. The van der Waals surface area contributed by atoms with Crippen LogP contribution in [-0.2, 0) is 12.2 Å². The van der Waals surface area contributed by atoms with E-state index in [1.165, 1.54) is 0 Å². The molecule has 0 fully saturated rings. The van der Waals surface area contributed by atoms with E-state index in [9.17, 15) is 0 Å². The number of aromatic nitrogens is 2. The van der Waals surface area contributed by atoms with Crippen LogP contribution < -0.4 is 5.32 Å². The third-order valence-electron chi connectivity index (χ3n) is 2.65. The minimum atomic E-state index is 0.441. The van der Waals surface area contributed by atoms with Crippen molar-refractivity contribution in [1.29, 1.82) is 0 Å². The molecule has 0 aromatic carbocycles. The smallest absolute Gasteiger partial charge is 0.228 e. The first-order valence-electron chi connectivity index (χ1n) is 6.82. The van der Waals surface area contributed by atoms with Crippen molar-refractivity contribution < 1.29 is 4.52 Å². The molecule has 1 N–H and O–H groups in total. The predicted octanol–water partition coefficient (Wildman–Crippen LogP) is 3.03. The SMILES string of the molecule is CCCNC(CC)Cc1nc(CSC(C)C)no1. The molecule has 1 unspecified atom stereocenters. The topological polar surface area (TPSA) is 51.0 Å². The van der Waals surface area contributed by atoms with Crippen molar-refractivity contribution in [2.45, 2.75) is 64.0 Å². The zero-order valence-electron chi connectivity index (χ0n) is 11.9. The van der Waals surface area contributed by atoms with Crippen molar-refractivity contribution in [1.82, 2.24) is 15.5 Å². The highest BCUT2D eigenvalue weighted by Gasteiger charge is 2.12. The van der Waals surface area contributed by atoms with Gasteiger partial charge in [0.05, 0.1) is 5.75 Å². The van der Waals surface area contributed by atoms with Crippen LogP contribution >= 0.6 is 11.8 Å². The summed E-state index contributed by atoms with van der Waals surface area (Å²) in [7, 11) is 0. The van der Waals surface area contributed by atoms with Crippen molar-refractivity contribution in [3.8, 4) is 0 Å². The summed E-state index contributed by atoms with van der Waals surface area (Å²) < 4.78 is 5.29. The Bertz CT molecular complexity index is 328. The van der Waals surface area contributed by atoms with Gasteiger partial charge in [0.25, 0.3) is 0 Å². The molecule has 0 amide bonds. The predicted molar refractivity (Wildman–Crippen MR) is 76.8 cm³/mol. The van der Waals surface area contributed by atoms with Gasteiger partial charge in [0, 0.05) is 12.5 Å². The van der Waals surface area contributed by atoms with E-state index in [0.29, 0.717) is 11.3 Å². The second-order valence-electron chi connectivity index (χ2n) is 4.73. The maximum atomic E-state index is 5.29. The molecule has 0 saturated heterocycles. The van der Waals surface area contributed by atoms with Gasteiger partial charge in [0.15, 0.2) is 5.82 Å². The largest absolute Gasteiger partial charge is 0.339 e. The summed E-state index contributed by atoms with van der Waals surface area (Å²) in [5.41, 5.74) is 0. The van der Waals surface area contributed by atoms with Crippen molar-refractivity contribution in [3.05, 3.63) is 11.7 Å². The Kier molecular flexibility index (Phi) is 7.35. The molecule has 0 saturated carbocycles. The molecular weight excluding hydrogens is 246 g/mol. The van der Waals surface area contributed by atoms with Crippen LogP contribution in [0.1, 0.15) is 52.3 Å². The Balaban J connectivity index is 2.41. The molecule has 18 heavy (non-hydrogen) atoms. The second-order valence-corrected chi connectivity index (χ2v) is 6.29. The summed E-state index contributed by atoms with van der Waals surface area (Å²) >= 11 is 1.84. The quantitative estimate of drug-likeness (QED) is 0.748. The van der Waals surface area contributed by atoms with Crippen LogP contribution in [0.15, 0.2) is 4.52 Å². The van der Waals surface area contributed by atoms with Gasteiger partial charge in [0.2, 0.25) is 5.89 Å². The molecule has 0 aliphatic heterocycles. The number of nitrogens with one attached hydrogen (secondary N) is 1. The second kappa shape index (κ2) is 8.53. The monoisotopic (exact) mass is 271 g/mol. The van der Waals surface area contributed by atoms with Crippen molar-refractivity contribution in [3.63, 3.8) is 0 Å². The average molecular weight is 271 g/mol. The Morgan fingerprint density at radius 2 is 2.11 bits per heavy atom. The first kappa shape index (κ1) is 15.5. The van der Waals surface area contributed by atoms with E-state index in [1.54, 1.807) is 0 Å². The Morgan fingerprint density at radius 3 is 2.72 bits per heavy atom. The van der Waals surface area contributed by atoms with Gasteiger partial charge in [-0.25, -0.2) is 0 Å². The number of hydrogen-bond donors (Lipinski definition) is 1. The maximum absolute atomic E-state index is 5.29. The molecule has 104 valence electrons. The molecule has 1 aromatic rings. The molecule has 0 radical (unpaired) electrons. The lowest BCUT2D eigenvalue weighted by Gasteiger charge is -2.13. The molecule has 1 atom stereocenters. The molecule has 0 aliphatic carbocycles. The third-order valence-corrected chi connectivity index (χ3v) is 3.74. The summed E-state index contributed by atoms with van der Waals surface area (Å²) in [6.07, 6.45) is 3.06. The van der Waals surface area contributed by atoms with E-state index in [4.69, 9.17) is 4.52 Å². The van der Waals surface area contributed by atoms with E-state index in [-0.39, 0.29) is 0 Å². The summed E-state index contributed by atoms with van der Waals surface area (Å²) in [5, 5.41) is 8.11. The molecule has 4 nitrogen and oxygen atoms in total. The Labute approximate surface area is 114 Å². The standard InChI is InChI=1S/C13H25N3OS/c1-5-7-14-11(6-2)8-13-15-12(16-17-13)9-18-10(3)4/h10-11,14H,5-9H2,1-4H3. The van der Waals surface area contributed by atoms with Gasteiger partial charge in [-0.15, -0.1) is 0 Å². The Morgan fingerprint density at radius 1 is 1.33 bits per heavy atom. The van der Waals surface area contributed by atoms with Gasteiger partial charge in [-0.3, -0.25) is 0 Å².